The van der Waals surface area contributed by atoms with E-state index in [0.717, 1.165) is 29.3 Å². The summed E-state index contributed by atoms with van der Waals surface area (Å²) in [5.41, 5.74) is 1.66. The average Bonchev–Trinajstić information content (AvgIpc) is 2.42. The zero-order valence-corrected chi connectivity index (χ0v) is 13.4. The molecule has 1 aliphatic heterocycles. The van der Waals surface area contributed by atoms with E-state index >= 15 is 0 Å². The predicted molar refractivity (Wildman–Crippen MR) is 82.5 cm³/mol. The van der Waals surface area contributed by atoms with Crippen molar-refractivity contribution in [3.63, 3.8) is 0 Å². The van der Waals surface area contributed by atoms with Gasteiger partial charge in [0.2, 0.25) is 0 Å². The highest BCUT2D eigenvalue weighted by Gasteiger charge is 2.28. The van der Waals surface area contributed by atoms with Gasteiger partial charge in [-0.3, -0.25) is 9.59 Å². The molecular formula is C15H19BrN2O2. The lowest BCUT2D eigenvalue weighted by atomic mass is 10.0. The molecule has 1 saturated heterocycles. The Balaban J connectivity index is 2.03. The molecule has 1 aromatic rings. The van der Waals surface area contributed by atoms with Gasteiger partial charge in [-0.2, -0.15) is 0 Å². The molecule has 0 saturated carbocycles. The number of anilines is 1. The van der Waals surface area contributed by atoms with Crippen LogP contribution >= 0.6 is 15.9 Å². The minimum absolute atomic E-state index is 0.147. The maximum Gasteiger partial charge on any atom is 0.313 e. The highest BCUT2D eigenvalue weighted by Crippen LogP contribution is 2.21. The summed E-state index contributed by atoms with van der Waals surface area (Å²) in [6, 6.07) is 5.63. The molecular weight excluding hydrogens is 320 g/mol. The maximum absolute atomic E-state index is 12.2. The van der Waals surface area contributed by atoms with Crippen LogP contribution < -0.4 is 5.32 Å². The lowest BCUT2D eigenvalue weighted by Gasteiger charge is -2.32. The van der Waals surface area contributed by atoms with E-state index < -0.39 is 11.8 Å². The van der Waals surface area contributed by atoms with Crippen LogP contribution in [0.2, 0.25) is 0 Å². The van der Waals surface area contributed by atoms with Crippen molar-refractivity contribution in [1.29, 1.82) is 0 Å². The Labute approximate surface area is 127 Å². The lowest BCUT2D eigenvalue weighted by molar-refractivity contribution is -0.145. The highest BCUT2D eigenvalue weighted by molar-refractivity contribution is 9.10. The number of aryl methyl sites for hydroxylation is 1. The third-order valence-corrected chi connectivity index (χ3v) is 4.56. The van der Waals surface area contributed by atoms with E-state index in [-0.39, 0.29) is 6.04 Å². The Kier molecular flexibility index (Phi) is 4.81. The molecule has 1 unspecified atom stereocenters. The normalized spacial score (nSPS) is 18.8. The van der Waals surface area contributed by atoms with Crippen molar-refractivity contribution in [2.75, 3.05) is 11.9 Å². The van der Waals surface area contributed by atoms with E-state index in [1.807, 2.05) is 26.0 Å². The summed E-state index contributed by atoms with van der Waals surface area (Å²) in [5.74, 6) is -0.988. The fourth-order valence-corrected chi connectivity index (χ4v) is 2.68. The fraction of sp³-hybridized carbons (Fsp3) is 0.467. The van der Waals surface area contributed by atoms with Crippen LogP contribution in [-0.4, -0.2) is 29.3 Å². The van der Waals surface area contributed by atoms with Crippen molar-refractivity contribution in [2.45, 2.75) is 39.2 Å². The maximum atomic E-state index is 12.2. The lowest BCUT2D eigenvalue weighted by Crippen LogP contribution is -2.47. The van der Waals surface area contributed by atoms with E-state index in [1.54, 1.807) is 11.0 Å². The van der Waals surface area contributed by atoms with E-state index in [4.69, 9.17) is 0 Å². The number of likely N-dealkylation sites (tertiary alicyclic amines) is 1. The number of carbonyl (C=O) groups is 2. The van der Waals surface area contributed by atoms with Gasteiger partial charge in [0.1, 0.15) is 0 Å². The predicted octanol–water partition coefficient (Wildman–Crippen LogP) is 3.10. The van der Waals surface area contributed by atoms with Crippen LogP contribution in [0.1, 0.15) is 31.7 Å². The van der Waals surface area contributed by atoms with Gasteiger partial charge >= 0.3 is 11.8 Å². The van der Waals surface area contributed by atoms with Crippen LogP contribution in [0.5, 0.6) is 0 Å². The smallest absolute Gasteiger partial charge is 0.313 e. The molecule has 0 spiro atoms. The van der Waals surface area contributed by atoms with Crippen LogP contribution in [-0.2, 0) is 9.59 Å². The Morgan fingerprint density at radius 1 is 1.35 bits per heavy atom. The van der Waals surface area contributed by atoms with Crippen LogP contribution in [0.25, 0.3) is 0 Å². The van der Waals surface area contributed by atoms with Crippen molar-refractivity contribution >= 4 is 33.4 Å². The van der Waals surface area contributed by atoms with E-state index in [2.05, 4.69) is 21.2 Å². The van der Waals surface area contributed by atoms with Gasteiger partial charge in [-0.15, -0.1) is 0 Å². The molecule has 20 heavy (non-hydrogen) atoms. The Morgan fingerprint density at radius 3 is 2.75 bits per heavy atom. The third-order valence-electron chi connectivity index (χ3n) is 3.67. The highest BCUT2D eigenvalue weighted by atomic mass is 79.9. The second-order valence-electron chi connectivity index (χ2n) is 5.26. The topological polar surface area (TPSA) is 49.4 Å². The molecule has 1 aliphatic rings. The largest absolute Gasteiger partial charge is 0.332 e. The molecule has 1 heterocycles. The number of carbonyl (C=O) groups excluding carboxylic acids is 2. The monoisotopic (exact) mass is 338 g/mol. The van der Waals surface area contributed by atoms with Gasteiger partial charge in [0.15, 0.2) is 0 Å². The van der Waals surface area contributed by atoms with Crippen molar-refractivity contribution < 1.29 is 9.59 Å². The summed E-state index contributed by atoms with van der Waals surface area (Å²) >= 11 is 3.41. The molecule has 1 aromatic carbocycles. The minimum Gasteiger partial charge on any atom is -0.332 e. The average molecular weight is 339 g/mol. The number of benzene rings is 1. The zero-order chi connectivity index (χ0) is 14.7. The van der Waals surface area contributed by atoms with Crippen molar-refractivity contribution in [1.82, 2.24) is 4.90 Å². The number of nitrogens with one attached hydrogen (secondary N) is 1. The van der Waals surface area contributed by atoms with Gasteiger partial charge in [-0.05, 0) is 56.9 Å². The van der Waals surface area contributed by atoms with Gasteiger partial charge in [0.25, 0.3) is 0 Å². The van der Waals surface area contributed by atoms with Gasteiger partial charge in [-0.25, -0.2) is 0 Å². The molecule has 2 rings (SSSR count). The molecule has 0 radical (unpaired) electrons. The first-order valence-corrected chi connectivity index (χ1v) is 7.66. The summed E-state index contributed by atoms with van der Waals surface area (Å²) < 4.78 is 0.978. The minimum atomic E-state index is -0.555. The van der Waals surface area contributed by atoms with Crippen LogP contribution in [0, 0.1) is 6.92 Å². The Bertz CT molecular complexity index is 531. The molecule has 4 nitrogen and oxygen atoms in total. The number of nitrogens with zero attached hydrogens (tertiary/aromatic N) is 1. The molecule has 0 aliphatic carbocycles. The number of hydrogen-bond donors (Lipinski definition) is 1. The summed E-state index contributed by atoms with van der Waals surface area (Å²) in [5, 5.41) is 2.68. The van der Waals surface area contributed by atoms with Crippen molar-refractivity contribution in [3.05, 3.63) is 28.2 Å². The number of rotatable bonds is 1. The van der Waals surface area contributed by atoms with E-state index in [1.165, 1.54) is 0 Å². The Morgan fingerprint density at radius 2 is 2.10 bits per heavy atom. The summed E-state index contributed by atoms with van der Waals surface area (Å²) in [7, 11) is 0. The molecule has 1 atom stereocenters. The second kappa shape index (κ2) is 6.39. The molecule has 0 bridgehead atoms. The first kappa shape index (κ1) is 15.0. The van der Waals surface area contributed by atoms with Crippen LogP contribution in [0.3, 0.4) is 0 Å². The van der Waals surface area contributed by atoms with Crippen LogP contribution in [0.15, 0.2) is 22.7 Å². The number of amides is 2. The van der Waals surface area contributed by atoms with Crippen molar-refractivity contribution in [3.8, 4) is 0 Å². The SMILES string of the molecule is Cc1cc(NC(=O)C(=O)N2CCCCC2C)ccc1Br. The van der Waals surface area contributed by atoms with Crippen LogP contribution in [0.4, 0.5) is 5.69 Å². The summed E-state index contributed by atoms with van der Waals surface area (Å²) in [6.45, 7) is 4.61. The number of piperidine rings is 1. The zero-order valence-electron chi connectivity index (χ0n) is 11.8. The quantitative estimate of drug-likeness (QED) is 0.800. The van der Waals surface area contributed by atoms with Gasteiger partial charge in [-0.1, -0.05) is 15.9 Å². The summed E-state index contributed by atoms with van der Waals surface area (Å²) in [4.78, 5) is 25.9. The van der Waals surface area contributed by atoms with Gasteiger partial charge in [0.05, 0.1) is 0 Å². The van der Waals surface area contributed by atoms with Gasteiger partial charge < -0.3 is 10.2 Å². The third kappa shape index (κ3) is 3.39. The van der Waals surface area contributed by atoms with Gasteiger partial charge in [0, 0.05) is 22.7 Å². The standard InChI is InChI=1S/C15H19BrN2O2/c1-10-9-12(6-7-13(10)16)17-14(19)15(20)18-8-4-3-5-11(18)2/h6-7,9,11H,3-5,8H2,1-2H3,(H,17,19). The molecule has 108 valence electrons. The fourth-order valence-electron chi connectivity index (χ4n) is 2.44. The first-order chi connectivity index (χ1) is 9.49. The van der Waals surface area contributed by atoms with Crippen molar-refractivity contribution in [2.24, 2.45) is 0 Å². The molecule has 2 amide bonds. The van der Waals surface area contributed by atoms with E-state index in [0.29, 0.717) is 12.2 Å². The Hall–Kier alpha value is -1.36. The number of hydrogen-bond acceptors (Lipinski definition) is 2. The molecule has 5 heteroatoms. The number of halogens is 1. The first-order valence-electron chi connectivity index (χ1n) is 6.87. The van der Waals surface area contributed by atoms with E-state index in [9.17, 15) is 9.59 Å². The second-order valence-corrected chi connectivity index (χ2v) is 6.12. The molecule has 1 fully saturated rings. The molecule has 1 N–H and O–H groups in total. The summed E-state index contributed by atoms with van der Waals surface area (Å²) in [6.07, 6.45) is 3.07. The molecule has 0 aromatic heterocycles.